The fourth-order valence-corrected chi connectivity index (χ4v) is 6.85. The Balaban J connectivity index is 1.29. The molecule has 0 bridgehead atoms. The van der Waals surface area contributed by atoms with E-state index in [1.54, 1.807) is 72.8 Å². The quantitative estimate of drug-likeness (QED) is 0.148. The predicted octanol–water partition coefficient (Wildman–Crippen LogP) is 6.58. The predicted molar refractivity (Wildman–Crippen MR) is 181 cm³/mol. The average molecular weight is 657 g/mol. The minimum absolute atomic E-state index is 0.0331. The molecule has 0 unspecified atom stereocenters. The number of nitrogens with one attached hydrogen (secondary N) is 1. The third kappa shape index (κ3) is 9.67. The zero-order valence-electron chi connectivity index (χ0n) is 26.1. The Morgan fingerprint density at radius 2 is 1.47 bits per heavy atom. The van der Waals surface area contributed by atoms with Crippen LogP contribution in [-0.2, 0) is 22.2 Å². The van der Waals surface area contributed by atoms with Crippen molar-refractivity contribution in [1.29, 1.82) is 0 Å². The van der Waals surface area contributed by atoms with Crippen molar-refractivity contribution in [1.82, 2.24) is 9.62 Å². The van der Waals surface area contributed by atoms with Gasteiger partial charge in [-0.1, -0.05) is 97.4 Å². The molecular formula is C37H40N2O7S. The molecule has 0 aromatic heterocycles. The molecule has 0 spiro atoms. The van der Waals surface area contributed by atoms with Gasteiger partial charge in [0.05, 0.1) is 30.1 Å². The van der Waals surface area contributed by atoms with Crippen LogP contribution in [0.5, 0.6) is 5.75 Å². The molecule has 1 aliphatic carbocycles. The highest BCUT2D eigenvalue weighted by molar-refractivity contribution is 7.89. The van der Waals surface area contributed by atoms with Crippen LogP contribution in [0.3, 0.4) is 0 Å². The first-order valence-corrected chi connectivity index (χ1v) is 17.5. The van der Waals surface area contributed by atoms with Gasteiger partial charge in [0.25, 0.3) is 5.91 Å². The zero-order valence-corrected chi connectivity index (χ0v) is 26.9. The second-order valence-electron chi connectivity index (χ2n) is 11.9. The number of carboxylic acid groups (broad SMARTS) is 1. The van der Waals surface area contributed by atoms with Crippen LogP contribution in [0, 0.1) is 0 Å². The van der Waals surface area contributed by atoms with Gasteiger partial charge in [-0.3, -0.25) is 4.79 Å². The number of aliphatic hydroxyl groups is 1. The summed E-state index contributed by atoms with van der Waals surface area (Å²) in [5.74, 6) is -0.727. The maximum absolute atomic E-state index is 13.3. The number of rotatable bonds is 13. The molecule has 5 rings (SSSR count). The van der Waals surface area contributed by atoms with E-state index in [9.17, 15) is 28.2 Å². The molecule has 0 heterocycles. The second-order valence-corrected chi connectivity index (χ2v) is 13.6. The smallest absolute Gasteiger partial charge is 0.407 e. The first-order chi connectivity index (χ1) is 22.7. The molecule has 1 atom stereocenters. The monoisotopic (exact) mass is 656 g/mol. The number of sulfonamides is 1. The number of carbonyl (C=O) groups excluding carboxylic acids is 1. The third-order valence-electron chi connectivity index (χ3n) is 8.33. The highest BCUT2D eigenvalue weighted by Gasteiger charge is 2.24. The summed E-state index contributed by atoms with van der Waals surface area (Å²) in [5.41, 5.74) is 3.97. The van der Waals surface area contributed by atoms with Crippen LogP contribution >= 0.6 is 0 Å². The molecule has 9 nitrogen and oxygen atoms in total. The van der Waals surface area contributed by atoms with Gasteiger partial charge in [-0.15, -0.1) is 0 Å². The summed E-state index contributed by atoms with van der Waals surface area (Å²) in [6, 6.07) is 30.5. The van der Waals surface area contributed by atoms with E-state index in [4.69, 9.17) is 4.74 Å². The summed E-state index contributed by atoms with van der Waals surface area (Å²) >= 11 is 0. The minimum Gasteiger partial charge on any atom is -0.490 e. The first-order valence-electron chi connectivity index (χ1n) is 15.9. The van der Waals surface area contributed by atoms with E-state index in [2.05, 4.69) is 4.72 Å². The molecule has 246 valence electrons. The Labute approximate surface area is 275 Å². The summed E-state index contributed by atoms with van der Waals surface area (Å²) in [6.07, 6.45) is 3.30. The van der Waals surface area contributed by atoms with Crippen LogP contribution < -0.4 is 9.46 Å². The fourth-order valence-electron chi connectivity index (χ4n) is 5.76. The van der Waals surface area contributed by atoms with E-state index in [0.29, 0.717) is 23.3 Å². The number of aliphatic hydroxyl groups excluding tert-OH is 1. The van der Waals surface area contributed by atoms with Crippen molar-refractivity contribution in [2.75, 3.05) is 13.1 Å². The van der Waals surface area contributed by atoms with Crippen LogP contribution in [0.4, 0.5) is 4.79 Å². The molecular weight excluding hydrogens is 616 g/mol. The van der Waals surface area contributed by atoms with Crippen molar-refractivity contribution in [2.45, 2.75) is 56.5 Å². The topological polar surface area (TPSA) is 133 Å². The molecule has 0 saturated heterocycles. The number of ether oxygens (including phenoxy) is 1. The number of hydrogen-bond acceptors (Lipinski definition) is 6. The number of amides is 2. The van der Waals surface area contributed by atoms with E-state index in [-0.39, 0.29) is 30.5 Å². The van der Waals surface area contributed by atoms with E-state index < -0.39 is 28.1 Å². The summed E-state index contributed by atoms with van der Waals surface area (Å²) in [4.78, 5) is 26.4. The van der Waals surface area contributed by atoms with Crippen LogP contribution in [-0.4, -0.2) is 54.7 Å². The Kier molecular flexibility index (Phi) is 11.3. The van der Waals surface area contributed by atoms with Crippen LogP contribution in [0.15, 0.2) is 103 Å². The summed E-state index contributed by atoms with van der Waals surface area (Å²) in [6.45, 7) is 0.184. The highest BCUT2D eigenvalue weighted by Crippen LogP contribution is 2.31. The molecule has 1 fully saturated rings. The Hall–Kier alpha value is -4.67. The van der Waals surface area contributed by atoms with Gasteiger partial charge >= 0.3 is 6.09 Å². The van der Waals surface area contributed by atoms with Crippen molar-refractivity contribution in [3.63, 3.8) is 0 Å². The molecule has 1 saturated carbocycles. The Bertz CT molecular complexity index is 1740. The Morgan fingerprint density at radius 3 is 2.13 bits per heavy atom. The molecule has 4 aromatic carbocycles. The second kappa shape index (κ2) is 15.8. The average Bonchev–Trinajstić information content (AvgIpc) is 3.07. The van der Waals surface area contributed by atoms with Gasteiger partial charge in [0.1, 0.15) is 5.75 Å². The zero-order chi connectivity index (χ0) is 33.2. The third-order valence-corrected chi connectivity index (χ3v) is 9.54. The SMILES string of the molecule is O=C(NS(=O)(=O)Cc1ccccc1)c1ccc(-c2ccc(CCN(C[C@@H](O)c3ccccc3)C(=O)O)cc2)cc1OC1CCCCC1. The van der Waals surface area contributed by atoms with Crippen molar-refractivity contribution in [3.8, 4) is 16.9 Å². The van der Waals surface area contributed by atoms with E-state index in [1.807, 2.05) is 30.3 Å². The molecule has 3 N–H and O–H groups in total. The fraction of sp³-hybridized carbons (Fsp3) is 0.297. The van der Waals surface area contributed by atoms with Gasteiger partial charge in [-0.05, 0) is 72.1 Å². The lowest BCUT2D eigenvalue weighted by molar-refractivity contribution is 0.0967. The molecule has 2 amide bonds. The largest absolute Gasteiger partial charge is 0.490 e. The molecule has 47 heavy (non-hydrogen) atoms. The van der Waals surface area contributed by atoms with Crippen molar-refractivity contribution >= 4 is 22.0 Å². The number of carbonyl (C=O) groups is 2. The van der Waals surface area contributed by atoms with Crippen LogP contribution in [0.1, 0.15) is 65.3 Å². The number of hydrogen-bond donors (Lipinski definition) is 3. The Morgan fingerprint density at radius 1 is 0.830 bits per heavy atom. The van der Waals surface area contributed by atoms with Crippen LogP contribution in [0.25, 0.3) is 11.1 Å². The molecule has 0 radical (unpaired) electrons. The standard InChI is InChI=1S/C37H40N2O7S/c40-34(30-12-6-2-7-13-30)25-39(37(42)43)23-22-27-16-18-29(19-17-27)31-20-21-33(35(24-31)46-32-14-8-3-9-15-32)36(41)38-47(44,45)26-28-10-4-1-5-11-28/h1-2,4-7,10-13,16-21,24,32,34,40H,3,8-9,14-15,22-23,25-26H2,(H,38,41)(H,42,43)/t34-/m1/s1. The van der Waals surface area contributed by atoms with Crippen molar-refractivity contribution < 1.29 is 33.0 Å². The summed E-state index contributed by atoms with van der Waals surface area (Å²) in [5, 5.41) is 20.2. The molecule has 0 aliphatic heterocycles. The van der Waals surface area contributed by atoms with E-state index in [1.165, 1.54) is 4.90 Å². The van der Waals surface area contributed by atoms with Gasteiger partial charge in [0.2, 0.25) is 10.0 Å². The van der Waals surface area contributed by atoms with Crippen molar-refractivity contribution in [3.05, 3.63) is 125 Å². The molecule has 4 aromatic rings. The maximum atomic E-state index is 13.3. The summed E-state index contributed by atoms with van der Waals surface area (Å²) in [7, 11) is -3.95. The van der Waals surface area contributed by atoms with Crippen molar-refractivity contribution in [2.24, 2.45) is 0 Å². The highest BCUT2D eigenvalue weighted by atomic mass is 32.2. The lowest BCUT2D eigenvalue weighted by Crippen LogP contribution is -2.35. The maximum Gasteiger partial charge on any atom is 0.407 e. The lowest BCUT2D eigenvalue weighted by atomic mass is 9.97. The molecule has 1 aliphatic rings. The lowest BCUT2D eigenvalue weighted by Gasteiger charge is -2.24. The van der Waals surface area contributed by atoms with E-state index in [0.717, 1.165) is 48.8 Å². The summed E-state index contributed by atoms with van der Waals surface area (Å²) < 4.78 is 34.2. The normalized spacial score (nSPS) is 14.2. The number of benzene rings is 4. The van der Waals surface area contributed by atoms with Gasteiger partial charge < -0.3 is 19.8 Å². The van der Waals surface area contributed by atoms with Gasteiger partial charge in [-0.2, -0.15) is 0 Å². The first kappa shape index (κ1) is 33.7. The van der Waals surface area contributed by atoms with Crippen LogP contribution in [0.2, 0.25) is 0 Å². The van der Waals surface area contributed by atoms with Gasteiger partial charge in [0.15, 0.2) is 0 Å². The van der Waals surface area contributed by atoms with Gasteiger partial charge in [-0.25, -0.2) is 17.9 Å². The van der Waals surface area contributed by atoms with E-state index >= 15 is 0 Å². The van der Waals surface area contributed by atoms with Gasteiger partial charge in [0, 0.05) is 6.54 Å². The minimum atomic E-state index is -3.95. The molecule has 10 heteroatoms. The number of nitrogens with zero attached hydrogens (tertiary/aromatic N) is 1.